The van der Waals surface area contributed by atoms with Crippen LogP contribution >= 0.6 is 0 Å². The first-order valence-electron chi connectivity index (χ1n) is 5.50. The first-order valence-corrected chi connectivity index (χ1v) is 5.50. The summed E-state index contributed by atoms with van der Waals surface area (Å²) < 4.78 is 0. The first-order chi connectivity index (χ1) is 6.89. The topological polar surface area (TPSA) is 16.1 Å². The minimum absolute atomic E-state index is 0.201. The second kappa shape index (κ2) is 4.75. The molecule has 15 heavy (non-hydrogen) atoms. The fourth-order valence-electron chi connectivity index (χ4n) is 1.35. The second-order valence-electron chi connectivity index (χ2n) is 5.34. The zero-order valence-corrected chi connectivity index (χ0v) is 10.5. The molecule has 0 aliphatic rings. The van der Waals surface area contributed by atoms with Gasteiger partial charge in [-0.3, -0.25) is 4.98 Å². The summed E-state index contributed by atoms with van der Waals surface area (Å²) in [5, 5.41) is 0. The van der Waals surface area contributed by atoms with Crippen molar-refractivity contribution in [1.29, 1.82) is 0 Å². The van der Waals surface area contributed by atoms with Crippen molar-refractivity contribution in [1.82, 2.24) is 9.88 Å². The Morgan fingerprint density at radius 1 is 1.20 bits per heavy atom. The van der Waals surface area contributed by atoms with Crippen molar-refractivity contribution in [2.45, 2.75) is 32.6 Å². The van der Waals surface area contributed by atoms with Crippen LogP contribution in [0.25, 0.3) is 0 Å². The molecule has 0 N–H and O–H groups in total. The lowest BCUT2D eigenvalue weighted by atomic mass is 9.88. The predicted molar refractivity (Wildman–Crippen MR) is 65.2 cm³/mol. The fraction of sp³-hybridized carbons (Fsp3) is 0.615. The monoisotopic (exact) mass is 206 g/mol. The van der Waals surface area contributed by atoms with Gasteiger partial charge in [-0.15, -0.1) is 0 Å². The molecule has 0 spiro atoms. The Morgan fingerprint density at radius 3 is 2.27 bits per heavy atom. The highest BCUT2D eigenvalue weighted by Gasteiger charge is 2.13. The molecule has 0 atom stereocenters. The van der Waals surface area contributed by atoms with Gasteiger partial charge in [0, 0.05) is 24.9 Å². The molecule has 0 bridgehead atoms. The maximum Gasteiger partial charge on any atom is 0.0416 e. The number of likely N-dealkylation sites (N-methyl/N-ethyl adjacent to an activating group) is 1. The number of hydrogen-bond acceptors (Lipinski definition) is 2. The van der Waals surface area contributed by atoms with Crippen molar-refractivity contribution < 1.29 is 0 Å². The Labute approximate surface area is 93.3 Å². The molecule has 84 valence electrons. The van der Waals surface area contributed by atoms with Crippen molar-refractivity contribution >= 4 is 0 Å². The number of aromatic nitrogens is 1. The molecule has 2 nitrogen and oxygen atoms in total. The van der Waals surface area contributed by atoms with Crippen LogP contribution in [0.4, 0.5) is 0 Å². The normalized spacial score (nSPS) is 12.1. The van der Waals surface area contributed by atoms with Crippen LogP contribution < -0.4 is 0 Å². The number of hydrogen-bond donors (Lipinski definition) is 0. The highest BCUT2D eigenvalue weighted by molar-refractivity contribution is 5.21. The number of pyridine rings is 1. The van der Waals surface area contributed by atoms with Crippen LogP contribution in [0.3, 0.4) is 0 Å². The zero-order chi connectivity index (χ0) is 11.5. The van der Waals surface area contributed by atoms with E-state index in [1.807, 2.05) is 6.20 Å². The lowest BCUT2D eigenvalue weighted by molar-refractivity contribution is 0.411. The summed E-state index contributed by atoms with van der Waals surface area (Å²) in [6.07, 6.45) is 3.03. The third kappa shape index (κ3) is 4.00. The molecular formula is C13H22N2. The van der Waals surface area contributed by atoms with Gasteiger partial charge in [-0.1, -0.05) is 26.8 Å². The summed E-state index contributed by atoms with van der Waals surface area (Å²) in [5.41, 5.74) is 2.68. The molecule has 0 saturated heterocycles. The van der Waals surface area contributed by atoms with E-state index >= 15 is 0 Å². The van der Waals surface area contributed by atoms with Crippen molar-refractivity contribution in [3.05, 3.63) is 29.6 Å². The van der Waals surface area contributed by atoms with E-state index < -0.39 is 0 Å². The van der Waals surface area contributed by atoms with E-state index in [9.17, 15) is 0 Å². The molecule has 0 saturated carbocycles. The lowest BCUT2D eigenvalue weighted by Gasteiger charge is -2.18. The number of rotatable bonds is 3. The third-order valence-electron chi connectivity index (χ3n) is 2.51. The molecule has 0 fully saturated rings. The smallest absolute Gasteiger partial charge is 0.0416 e. The molecular weight excluding hydrogens is 184 g/mol. The Bertz CT molecular complexity index is 293. The lowest BCUT2D eigenvalue weighted by Crippen LogP contribution is -2.16. The van der Waals surface area contributed by atoms with Crippen molar-refractivity contribution in [2.75, 3.05) is 20.6 Å². The van der Waals surface area contributed by atoms with Gasteiger partial charge < -0.3 is 4.90 Å². The molecule has 0 aliphatic heterocycles. The van der Waals surface area contributed by atoms with Crippen LogP contribution in [-0.2, 0) is 11.8 Å². The number of nitrogens with zero attached hydrogens (tertiary/aromatic N) is 2. The van der Waals surface area contributed by atoms with Gasteiger partial charge in [-0.25, -0.2) is 0 Å². The van der Waals surface area contributed by atoms with Gasteiger partial charge in [-0.2, -0.15) is 0 Å². The van der Waals surface area contributed by atoms with E-state index in [0.29, 0.717) is 0 Å². The van der Waals surface area contributed by atoms with Crippen LogP contribution in [0.15, 0.2) is 18.3 Å². The molecule has 0 aromatic carbocycles. The molecule has 1 heterocycles. The van der Waals surface area contributed by atoms with Crippen LogP contribution in [0, 0.1) is 0 Å². The van der Waals surface area contributed by atoms with E-state index in [1.165, 1.54) is 11.3 Å². The predicted octanol–water partition coefficient (Wildman–Crippen LogP) is 2.48. The Kier molecular flexibility index (Phi) is 3.86. The van der Waals surface area contributed by atoms with E-state index in [2.05, 4.69) is 56.9 Å². The van der Waals surface area contributed by atoms with Gasteiger partial charge >= 0.3 is 0 Å². The molecule has 0 radical (unpaired) electrons. The molecule has 0 aliphatic carbocycles. The summed E-state index contributed by atoms with van der Waals surface area (Å²) in [7, 11) is 4.17. The van der Waals surface area contributed by atoms with Crippen molar-refractivity contribution in [3.63, 3.8) is 0 Å². The quantitative estimate of drug-likeness (QED) is 0.755. The summed E-state index contributed by atoms with van der Waals surface area (Å²) in [6.45, 7) is 7.69. The SMILES string of the molecule is CN(C)CCc1ccc(C(C)(C)C)cn1. The second-order valence-corrected chi connectivity index (χ2v) is 5.34. The van der Waals surface area contributed by atoms with Crippen LogP contribution in [0.1, 0.15) is 32.0 Å². The fourth-order valence-corrected chi connectivity index (χ4v) is 1.35. The Hall–Kier alpha value is -0.890. The highest BCUT2D eigenvalue weighted by atomic mass is 15.0. The first kappa shape index (κ1) is 12.2. The van der Waals surface area contributed by atoms with Gasteiger partial charge in [-0.05, 0) is 31.1 Å². The average Bonchev–Trinajstić information content (AvgIpc) is 2.14. The summed E-state index contributed by atoms with van der Waals surface area (Å²) in [6, 6.07) is 4.34. The van der Waals surface area contributed by atoms with Crippen molar-refractivity contribution in [2.24, 2.45) is 0 Å². The van der Waals surface area contributed by atoms with Crippen LogP contribution in [0.5, 0.6) is 0 Å². The average molecular weight is 206 g/mol. The molecule has 0 amide bonds. The molecule has 1 aromatic heterocycles. The van der Waals surface area contributed by atoms with E-state index in [1.54, 1.807) is 0 Å². The van der Waals surface area contributed by atoms with Gasteiger partial charge in [0.25, 0.3) is 0 Å². The Morgan fingerprint density at radius 2 is 1.87 bits per heavy atom. The minimum atomic E-state index is 0.201. The van der Waals surface area contributed by atoms with Crippen LogP contribution in [-0.4, -0.2) is 30.5 Å². The minimum Gasteiger partial charge on any atom is -0.309 e. The van der Waals surface area contributed by atoms with E-state index in [4.69, 9.17) is 0 Å². The summed E-state index contributed by atoms with van der Waals surface area (Å²) in [5.74, 6) is 0. The maximum atomic E-state index is 4.49. The van der Waals surface area contributed by atoms with Gasteiger partial charge in [0.2, 0.25) is 0 Å². The van der Waals surface area contributed by atoms with Crippen molar-refractivity contribution in [3.8, 4) is 0 Å². The standard InChI is InChI=1S/C13H22N2/c1-13(2,3)11-6-7-12(14-10-11)8-9-15(4)5/h6-7,10H,8-9H2,1-5H3. The van der Waals surface area contributed by atoms with E-state index in [-0.39, 0.29) is 5.41 Å². The maximum absolute atomic E-state index is 4.49. The third-order valence-corrected chi connectivity index (χ3v) is 2.51. The van der Waals surface area contributed by atoms with Gasteiger partial charge in [0.15, 0.2) is 0 Å². The highest BCUT2D eigenvalue weighted by Crippen LogP contribution is 2.20. The summed E-state index contributed by atoms with van der Waals surface area (Å²) >= 11 is 0. The Balaban J connectivity index is 2.65. The van der Waals surface area contributed by atoms with Gasteiger partial charge in [0.1, 0.15) is 0 Å². The molecule has 1 rings (SSSR count). The van der Waals surface area contributed by atoms with E-state index in [0.717, 1.165) is 13.0 Å². The molecule has 2 heteroatoms. The zero-order valence-electron chi connectivity index (χ0n) is 10.5. The summed E-state index contributed by atoms with van der Waals surface area (Å²) in [4.78, 5) is 6.67. The van der Waals surface area contributed by atoms with Crippen LogP contribution in [0.2, 0.25) is 0 Å². The van der Waals surface area contributed by atoms with Gasteiger partial charge in [0.05, 0.1) is 0 Å². The molecule has 0 unspecified atom stereocenters. The largest absolute Gasteiger partial charge is 0.309 e. The molecule has 1 aromatic rings.